The largest absolute Gasteiger partial charge is 0.487 e. The van der Waals surface area contributed by atoms with E-state index in [0.717, 1.165) is 0 Å². The molecule has 3 aliphatic heterocycles. The van der Waals surface area contributed by atoms with Gasteiger partial charge in [-0.3, -0.25) is 0 Å². The lowest BCUT2D eigenvalue weighted by atomic mass is 9.56. The van der Waals surface area contributed by atoms with E-state index in [0.29, 0.717) is 29.7 Å². The first-order valence-electron chi connectivity index (χ1n) is 9.99. The van der Waals surface area contributed by atoms with Crippen LogP contribution in [0.1, 0.15) is 47.5 Å². The van der Waals surface area contributed by atoms with Crippen LogP contribution in [0, 0.1) is 11.8 Å². The number of carbonyl (C=O) groups excluding carboxylic acids is 2. The zero-order valence-electron chi connectivity index (χ0n) is 16.9. The summed E-state index contributed by atoms with van der Waals surface area (Å²) in [4.78, 5) is 25.3. The van der Waals surface area contributed by atoms with Crippen molar-refractivity contribution in [2.45, 2.75) is 76.7 Å². The first-order chi connectivity index (χ1) is 13.1. The number of fused-ring (bicyclic) bond motifs is 1. The molecule has 3 heterocycles. The van der Waals surface area contributed by atoms with Crippen molar-refractivity contribution < 1.29 is 33.3 Å². The van der Waals surface area contributed by atoms with E-state index in [1.54, 1.807) is 13.8 Å². The third-order valence-electron chi connectivity index (χ3n) is 6.81. The molecule has 6 atom stereocenters. The van der Waals surface area contributed by atoms with Gasteiger partial charge in [0.2, 0.25) is 0 Å². The topological polar surface area (TPSA) is 80.3 Å². The summed E-state index contributed by atoms with van der Waals surface area (Å²) in [5.41, 5.74) is -0.448. The maximum Gasteiger partial charge on any atom is 0.337 e. The predicted octanol–water partition coefficient (Wildman–Crippen LogP) is 2.39. The molecule has 3 fully saturated rings. The molecule has 2 aliphatic carbocycles. The van der Waals surface area contributed by atoms with Gasteiger partial charge in [0.25, 0.3) is 0 Å². The summed E-state index contributed by atoms with van der Waals surface area (Å²) in [6, 6.07) is 0. The highest BCUT2D eigenvalue weighted by atomic mass is 16.8. The van der Waals surface area contributed by atoms with E-state index >= 15 is 0 Å². The van der Waals surface area contributed by atoms with E-state index in [1.165, 1.54) is 0 Å². The van der Waals surface area contributed by atoms with Crippen LogP contribution in [0.4, 0.5) is 0 Å². The normalized spacial score (nSPS) is 44.9. The van der Waals surface area contributed by atoms with Crippen LogP contribution in [-0.2, 0) is 33.3 Å². The number of esters is 2. The van der Waals surface area contributed by atoms with Gasteiger partial charge in [-0.1, -0.05) is 6.08 Å². The quantitative estimate of drug-likeness (QED) is 0.670. The van der Waals surface area contributed by atoms with Crippen LogP contribution in [0.15, 0.2) is 23.0 Å². The minimum atomic E-state index is -0.923. The number of hydrogen-bond acceptors (Lipinski definition) is 7. The number of carbonyl (C=O) groups is 2. The molecule has 0 amide bonds. The monoisotopic (exact) mass is 390 g/mol. The fraction of sp³-hybridized carbons (Fsp3) is 0.714. The Labute approximate surface area is 164 Å². The molecule has 7 nitrogen and oxygen atoms in total. The van der Waals surface area contributed by atoms with Crippen molar-refractivity contribution in [2.75, 3.05) is 6.61 Å². The molecule has 7 heteroatoms. The molecule has 1 saturated carbocycles. The van der Waals surface area contributed by atoms with Crippen LogP contribution < -0.4 is 0 Å². The van der Waals surface area contributed by atoms with Gasteiger partial charge < -0.3 is 23.7 Å². The highest BCUT2D eigenvalue weighted by Gasteiger charge is 2.77. The lowest BCUT2D eigenvalue weighted by Gasteiger charge is -2.54. The Hall–Kier alpha value is -1.86. The number of hydrogen-bond donors (Lipinski definition) is 0. The second-order valence-electron chi connectivity index (χ2n) is 9.03. The van der Waals surface area contributed by atoms with Gasteiger partial charge in [-0.25, -0.2) is 9.59 Å². The van der Waals surface area contributed by atoms with Crippen molar-refractivity contribution in [3.8, 4) is 0 Å². The molecule has 1 spiro atoms. The first-order valence-corrected chi connectivity index (χ1v) is 9.99. The molecule has 0 radical (unpaired) electrons. The van der Waals surface area contributed by atoms with Crippen LogP contribution in [0.2, 0.25) is 0 Å². The van der Waals surface area contributed by atoms with Crippen molar-refractivity contribution in [1.29, 1.82) is 0 Å². The molecule has 0 aromatic rings. The van der Waals surface area contributed by atoms with Crippen molar-refractivity contribution in [3.63, 3.8) is 0 Å². The smallest absolute Gasteiger partial charge is 0.337 e. The second-order valence-corrected chi connectivity index (χ2v) is 9.03. The van der Waals surface area contributed by atoms with Gasteiger partial charge in [0.15, 0.2) is 11.4 Å². The average molecular weight is 390 g/mol. The summed E-state index contributed by atoms with van der Waals surface area (Å²) >= 11 is 0. The zero-order chi connectivity index (χ0) is 20.1. The first kappa shape index (κ1) is 18.2. The molecule has 28 heavy (non-hydrogen) atoms. The fourth-order valence-corrected chi connectivity index (χ4v) is 6.25. The van der Waals surface area contributed by atoms with E-state index in [4.69, 9.17) is 23.7 Å². The van der Waals surface area contributed by atoms with Gasteiger partial charge in [-0.15, -0.1) is 0 Å². The van der Waals surface area contributed by atoms with E-state index in [-0.39, 0.29) is 36.5 Å². The average Bonchev–Trinajstić information content (AvgIpc) is 3.14. The number of rotatable bonds is 2. The van der Waals surface area contributed by atoms with Gasteiger partial charge in [-0.05, 0) is 41.0 Å². The molecular weight excluding hydrogens is 364 g/mol. The minimum Gasteiger partial charge on any atom is -0.487 e. The van der Waals surface area contributed by atoms with Crippen LogP contribution >= 0.6 is 0 Å². The van der Waals surface area contributed by atoms with E-state index in [2.05, 4.69) is 0 Å². The van der Waals surface area contributed by atoms with Crippen LogP contribution in [0.25, 0.3) is 0 Å². The Balaban J connectivity index is 1.68. The third-order valence-corrected chi connectivity index (χ3v) is 6.81. The minimum absolute atomic E-state index is 0.278. The van der Waals surface area contributed by atoms with E-state index < -0.39 is 23.1 Å². The third kappa shape index (κ3) is 2.06. The van der Waals surface area contributed by atoms with Gasteiger partial charge in [0.05, 0.1) is 18.1 Å². The summed E-state index contributed by atoms with van der Waals surface area (Å²) in [6.07, 6.45) is 2.12. The van der Waals surface area contributed by atoms with Crippen molar-refractivity contribution in [2.24, 2.45) is 11.8 Å². The Kier molecular flexibility index (Phi) is 3.50. The molecule has 2 saturated heterocycles. The summed E-state index contributed by atoms with van der Waals surface area (Å²) in [6.45, 7) is 9.61. The highest BCUT2D eigenvalue weighted by molar-refractivity contribution is 5.94. The molecule has 5 aliphatic rings. The summed E-state index contributed by atoms with van der Waals surface area (Å²) in [7, 11) is 0. The summed E-state index contributed by atoms with van der Waals surface area (Å²) in [5.74, 6) is -1.51. The number of allylic oxidation sites excluding steroid dienone is 2. The van der Waals surface area contributed by atoms with Crippen LogP contribution in [0.3, 0.4) is 0 Å². The van der Waals surface area contributed by atoms with Gasteiger partial charge in [0, 0.05) is 17.9 Å². The lowest BCUT2D eigenvalue weighted by Crippen LogP contribution is -2.68. The SMILES string of the molecule is CCOC(=O)C1=C(C)O[C@@]23C1CC=C1C(=O)O[C@@H](C[C@]4(C)OC(C)(C)O[C@H]24)[C@H]13. The van der Waals surface area contributed by atoms with Crippen molar-refractivity contribution >= 4 is 11.9 Å². The molecule has 0 aromatic heterocycles. The Morgan fingerprint density at radius 1 is 1.32 bits per heavy atom. The molecule has 0 aromatic carbocycles. The molecule has 0 N–H and O–H groups in total. The maximum atomic E-state index is 12.8. The van der Waals surface area contributed by atoms with Crippen molar-refractivity contribution in [3.05, 3.63) is 23.0 Å². The zero-order valence-corrected chi connectivity index (χ0v) is 16.9. The molecule has 152 valence electrons. The standard InChI is InChI=1S/C21H26O7/c1-6-24-17(23)14-10(2)26-21-12(14)8-7-11-15(21)13(25-16(11)22)9-20(5)18(21)27-19(3,4)28-20/h7,12-13,15,18H,6,8-9H2,1-5H3/t12?,13-,15-,18-,20-,21+/m0/s1. The van der Waals surface area contributed by atoms with Crippen molar-refractivity contribution in [1.82, 2.24) is 0 Å². The molecular formula is C21H26O7. The molecule has 0 bridgehead atoms. The van der Waals surface area contributed by atoms with E-state index in [1.807, 2.05) is 26.8 Å². The lowest BCUT2D eigenvalue weighted by molar-refractivity contribution is -0.207. The predicted molar refractivity (Wildman–Crippen MR) is 95.8 cm³/mol. The molecule has 1 unspecified atom stereocenters. The second kappa shape index (κ2) is 5.39. The summed E-state index contributed by atoms with van der Waals surface area (Å²) in [5, 5.41) is 0. The van der Waals surface area contributed by atoms with Crippen LogP contribution in [-0.4, -0.2) is 47.7 Å². The number of ether oxygens (including phenoxy) is 5. The Morgan fingerprint density at radius 2 is 2.07 bits per heavy atom. The fourth-order valence-electron chi connectivity index (χ4n) is 6.25. The van der Waals surface area contributed by atoms with Gasteiger partial charge in [0.1, 0.15) is 23.6 Å². The Morgan fingerprint density at radius 3 is 2.79 bits per heavy atom. The molecule has 5 rings (SSSR count). The summed E-state index contributed by atoms with van der Waals surface area (Å²) < 4.78 is 30.3. The highest BCUT2D eigenvalue weighted by Crippen LogP contribution is 2.65. The van der Waals surface area contributed by atoms with Crippen LogP contribution in [0.5, 0.6) is 0 Å². The maximum absolute atomic E-state index is 12.8. The Bertz CT molecular complexity index is 840. The van der Waals surface area contributed by atoms with Gasteiger partial charge >= 0.3 is 11.9 Å². The van der Waals surface area contributed by atoms with Gasteiger partial charge in [-0.2, -0.15) is 0 Å². The van der Waals surface area contributed by atoms with E-state index in [9.17, 15) is 9.59 Å².